The lowest BCUT2D eigenvalue weighted by Gasteiger charge is -2.18. The number of nitrogens with two attached hydrogens (primary N) is 1. The number of likely N-dealkylation sites (N-methyl/N-ethyl adjacent to an activating group) is 1. The Morgan fingerprint density at radius 2 is 1.92 bits per heavy atom. The summed E-state index contributed by atoms with van der Waals surface area (Å²) in [6.07, 6.45) is -4.20. The molecule has 0 spiro atoms. The van der Waals surface area contributed by atoms with Crippen LogP contribution in [0, 0.1) is 0 Å². The topological polar surface area (TPSA) is 146 Å². The van der Waals surface area contributed by atoms with Crippen LogP contribution in [0.2, 0.25) is 0 Å². The predicted octanol–water partition coefficient (Wildman–Crippen LogP) is 3.35. The molecule has 2 heterocycles. The summed E-state index contributed by atoms with van der Waals surface area (Å²) in [6.45, 7) is 9.35. The molecule has 1 aliphatic rings. The van der Waals surface area contributed by atoms with Gasteiger partial charge in [0.25, 0.3) is 5.91 Å². The number of carbonyl (C=O) groups is 3. The summed E-state index contributed by atoms with van der Waals surface area (Å²) in [5.74, 6) is -2.20. The Morgan fingerprint density at radius 1 is 1.24 bits per heavy atom. The molecule has 1 atom stereocenters. The average molecular weight is 560 g/mol. The molecule has 2 aromatic rings. The quantitative estimate of drug-likeness (QED) is 0.300. The molecule has 0 aliphatic carbocycles. The van der Waals surface area contributed by atoms with E-state index in [0.29, 0.717) is 17.2 Å². The van der Waals surface area contributed by atoms with E-state index < -0.39 is 18.2 Å². The van der Waals surface area contributed by atoms with E-state index in [1.807, 2.05) is 24.3 Å². The molecular formula is C24H32F3N5O5S. The maximum atomic E-state index is 12.8. The van der Waals surface area contributed by atoms with E-state index in [-0.39, 0.29) is 11.9 Å². The number of carbonyl (C=O) groups excluding carboxylic acids is 2. The van der Waals surface area contributed by atoms with Crippen LogP contribution in [0.4, 0.5) is 23.0 Å². The van der Waals surface area contributed by atoms with E-state index in [9.17, 15) is 22.8 Å². The standard InChI is InChI=1S/C22H31N5O3S.C2HF3O2/c1-3-27(4-2)10-11-30-17-7-5-6-15(12-17)19-13-18(21(31-19)26-22(23)29)20(28)25-16-8-9-24-14-16;3-2(4,5)1(6)7/h5-7,12-13,16,24H,3-4,8-11,14H2,1-2H3,(H,25,28)(H3,23,26,29);(H,6,7). The van der Waals surface area contributed by atoms with Gasteiger partial charge in [0.05, 0.1) is 5.56 Å². The van der Waals surface area contributed by atoms with E-state index >= 15 is 0 Å². The number of hydrogen-bond acceptors (Lipinski definition) is 7. The van der Waals surface area contributed by atoms with Gasteiger partial charge < -0.3 is 31.1 Å². The Kier molecular flexibility index (Phi) is 11.8. The number of primary amides is 1. The maximum absolute atomic E-state index is 12.8. The van der Waals surface area contributed by atoms with Crippen LogP contribution in [0.15, 0.2) is 30.3 Å². The minimum absolute atomic E-state index is 0.0832. The van der Waals surface area contributed by atoms with Crippen molar-refractivity contribution in [2.45, 2.75) is 32.5 Å². The summed E-state index contributed by atoms with van der Waals surface area (Å²) in [7, 11) is 0. The number of anilines is 1. The third-order valence-corrected chi connectivity index (χ3v) is 6.64. The smallest absolute Gasteiger partial charge is 0.490 e. The third kappa shape index (κ3) is 9.84. The van der Waals surface area contributed by atoms with Gasteiger partial charge in [-0.3, -0.25) is 10.1 Å². The number of rotatable bonds is 10. The summed E-state index contributed by atoms with van der Waals surface area (Å²) in [6, 6.07) is 8.93. The van der Waals surface area contributed by atoms with Crippen LogP contribution in [0.3, 0.4) is 0 Å². The van der Waals surface area contributed by atoms with Gasteiger partial charge in [-0.05, 0) is 49.8 Å². The fraction of sp³-hybridized carbons (Fsp3) is 0.458. The first kappa shape index (κ1) is 30.9. The lowest BCUT2D eigenvalue weighted by molar-refractivity contribution is -0.192. The molecule has 1 fully saturated rings. The van der Waals surface area contributed by atoms with Gasteiger partial charge in [-0.25, -0.2) is 9.59 Å². The molecule has 6 N–H and O–H groups in total. The van der Waals surface area contributed by atoms with Crippen molar-refractivity contribution in [3.05, 3.63) is 35.9 Å². The number of urea groups is 1. The highest BCUT2D eigenvalue weighted by atomic mass is 32.1. The monoisotopic (exact) mass is 559 g/mol. The first-order valence-electron chi connectivity index (χ1n) is 11.9. The van der Waals surface area contributed by atoms with Crippen LogP contribution in [0.25, 0.3) is 10.4 Å². The van der Waals surface area contributed by atoms with Gasteiger partial charge in [-0.1, -0.05) is 26.0 Å². The number of hydrogen-bond donors (Lipinski definition) is 5. The zero-order valence-corrected chi connectivity index (χ0v) is 21.9. The molecule has 38 heavy (non-hydrogen) atoms. The number of alkyl halides is 3. The Labute approximate surface area is 222 Å². The number of aliphatic carboxylic acids is 1. The van der Waals surface area contributed by atoms with Gasteiger partial charge in [0.15, 0.2) is 0 Å². The number of carboxylic acids is 1. The second kappa shape index (κ2) is 14.5. The molecule has 1 aromatic heterocycles. The number of halogens is 3. The minimum Gasteiger partial charge on any atom is -0.492 e. The molecule has 1 unspecified atom stereocenters. The second-order valence-corrected chi connectivity index (χ2v) is 9.26. The highest BCUT2D eigenvalue weighted by Gasteiger charge is 2.38. The third-order valence-electron chi connectivity index (χ3n) is 5.54. The molecule has 0 radical (unpaired) electrons. The lowest BCUT2D eigenvalue weighted by atomic mass is 10.1. The lowest BCUT2D eigenvalue weighted by Crippen LogP contribution is -2.36. The van der Waals surface area contributed by atoms with Gasteiger partial charge in [0, 0.05) is 24.0 Å². The molecule has 14 heteroatoms. The summed E-state index contributed by atoms with van der Waals surface area (Å²) in [5.41, 5.74) is 6.65. The Morgan fingerprint density at radius 3 is 2.47 bits per heavy atom. The number of thiophene rings is 1. The zero-order valence-electron chi connectivity index (χ0n) is 21.1. The summed E-state index contributed by atoms with van der Waals surface area (Å²) in [5, 5.41) is 16.4. The Bertz CT molecular complexity index is 1090. The van der Waals surface area contributed by atoms with Crippen LogP contribution in [-0.2, 0) is 4.79 Å². The van der Waals surface area contributed by atoms with Crippen LogP contribution in [0.5, 0.6) is 5.75 Å². The van der Waals surface area contributed by atoms with Gasteiger partial charge in [0.2, 0.25) is 0 Å². The maximum Gasteiger partial charge on any atom is 0.490 e. The molecule has 1 aliphatic heterocycles. The second-order valence-electron chi connectivity index (χ2n) is 8.21. The fourth-order valence-corrected chi connectivity index (χ4v) is 4.57. The highest BCUT2D eigenvalue weighted by Crippen LogP contribution is 2.36. The number of carboxylic acid groups (broad SMARTS) is 1. The van der Waals surface area contributed by atoms with E-state index in [4.69, 9.17) is 20.4 Å². The average Bonchev–Trinajstić information content (AvgIpc) is 3.51. The number of nitrogens with one attached hydrogen (secondary N) is 3. The summed E-state index contributed by atoms with van der Waals surface area (Å²) < 4.78 is 37.7. The molecule has 210 valence electrons. The van der Waals surface area contributed by atoms with E-state index in [1.165, 1.54) is 11.3 Å². The Hall–Kier alpha value is -3.36. The first-order valence-corrected chi connectivity index (χ1v) is 12.7. The van der Waals surface area contributed by atoms with Gasteiger partial charge in [-0.15, -0.1) is 11.3 Å². The van der Waals surface area contributed by atoms with Crippen LogP contribution >= 0.6 is 11.3 Å². The van der Waals surface area contributed by atoms with Crippen molar-refractivity contribution in [2.75, 3.05) is 44.6 Å². The number of benzene rings is 1. The van der Waals surface area contributed by atoms with E-state index in [2.05, 4.69) is 34.7 Å². The largest absolute Gasteiger partial charge is 0.492 e. The van der Waals surface area contributed by atoms with E-state index in [1.54, 1.807) is 6.07 Å². The summed E-state index contributed by atoms with van der Waals surface area (Å²) >= 11 is 1.32. The minimum atomic E-state index is -5.08. The van der Waals surface area contributed by atoms with Crippen molar-refractivity contribution in [3.8, 4) is 16.2 Å². The first-order chi connectivity index (χ1) is 17.9. The van der Waals surface area contributed by atoms with Crippen molar-refractivity contribution in [3.63, 3.8) is 0 Å². The van der Waals surface area contributed by atoms with Crippen molar-refractivity contribution in [2.24, 2.45) is 5.73 Å². The van der Waals surface area contributed by atoms with Crippen LogP contribution in [-0.4, -0.2) is 79.5 Å². The number of nitrogens with zero attached hydrogens (tertiary/aromatic N) is 1. The molecule has 10 nitrogen and oxygen atoms in total. The molecule has 1 aromatic carbocycles. The van der Waals surface area contributed by atoms with Crippen molar-refractivity contribution in [1.82, 2.24) is 15.5 Å². The van der Waals surface area contributed by atoms with Gasteiger partial charge >= 0.3 is 18.2 Å². The van der Waals surface area contributed by atoms with Crippen molar-refractivity contribution < 1.29 is 37.4 Å². The number of ether oxygens (including phenoxy) is 1. The number of amides is 3. The van der Waals surface area contributed by atoms with Gasteiger partial charge in [0.1, 0.15) is 17.4 Å². The van der Waals surface area contributed by atoms with Crippen LogP contribution in [0.1, 0.15) is 30.6 Å². The molecular weight excluding hydrogens is 527 g/mol. The zero-order chi connectivity index (χ0) is 28.3. The molecule has 3 amide bonds. The van der Waals surface area contributed by atoms with Gasteiger partial charge in [-0.2, -0.15) is 13.2 Å². The fourth-order valence-electron chi connectivity index (χ4n) is 3.52. The predicted molar refractivity (Wildman–Crippen MR) is 139 cm³/mol. The highest BCUT2D eigenvalue weighted by molar-refractivity contribution is 7.20. The molecule has 0 bridgehead atoms. The van der Waals surface area contributed by atoms with Crippen LogP contribution < -0.4 is 26.4 Å². The normalized spacial score (nSPS) is 14.9. The molecule has 1 saturated heterocycles. The Balaban J connectivity index is 0.000000638. The SMILES string of the molecule is CCN(CC)CCOc1cccc(-c2cc(C(=O)NC3CCNC3)c(NC(N)=O)s2)c1.O=C(O)C(F)(F)F. The molecule has 0 saturated carbocycles. The van der Waals surface area contributed by atoms with Crippen molar-refractivity contribution in [1.29, 1.82) is 0 Å². The summed E-state index contributed by atoms with van der Waals surface area (Å²) in [4.78, 5) is 36.3. The van der Waals surface area contributed by atoms with Crippen molar-refractivity contribution >= 4 is 34.2 Å². The molecule has 3 rings (SSSR count). The van der Waals surface area contributed by atoms with E-state index in [0.717, 1.165) is 55.3 Å².